The maximum absolute atomic E-state index is 13.2. The average molecular weight is 291 g/mol. The molecule has 2 atom stereocenters. The zero-order chi connectivity index (χ0) is 15.0. The van der Waals surface area contributed by atoms with Crippen LogP contribution in [0.1, 0.15) is 44.2 Å². The highest BCUT2D eigenvalue weighted by Gasteiger charge is 2.37. The molecular formula is C14H17F4NO. The molecule has 0 amide bonds. The van der Waals surface area contributed by atoms with Crippen LogP contribution >= 0.6 is 0 Å². The van der Waals surface area contributed by atoms with Crippen molar-refractivity contribution in [3.05, 3.63) is 29.6 Å². The first-order chi connectivity index (χ1) is 9.19. The Morgan fingerprint density at radius 3 is 2.75 bits per heavy atom. The third-order valence-corrected chi connectivity index (χ3v) is 3.55. The molecule has 0 radical (unpaired) electrons. The molecule has 2 nitrogen and oxygen atoms in total. The van der Waals surface area contributed by atoms with Gasteiger partial charge < -0.3 is 10.5 Å². The SMILES string of the molecule is CC1(CCCC(F)(F)F)C[C@H](N)c2cc(F)ccc2O1. The van der Waals surface area contributed by atoms with Crippen molar-refractivity contribution in [1.82, 2.24) is 0 Å². The van der Waals surface area contributed by atoms with Gasteiger partial charge in [0.25, 0.3) is 0 Å². The summed E-state index contributed by atoms with van der Waals surface area (Å²) in [5.41, 5.74) is 5.81. The average Bonchev–Trinajstić information content (AvgIpc) is 2.28. The van der Waals surface area contributed by atoms with Gasteiger partial charge >= 0.3 is 6.18 Å². The van der Waals surface area contributed by atoms with Gasteiger partial charge in [0.15, 0.2) is 0 Å². The van der Waals surface area contributed by atoms with Gasteiger partial charge in [0.05, 0.1) is 0 Å². The zero-order valence-electron chi connectivity index (χ0n) is 11.1. The Balaban J connectivity index is 2.06. The monoisotopic (exact) mass is 291 g/mol. The van der Waals surface area contributed by atoms with Crippen molar-refractivity contribution in [2.75, 3.05) is 0 Å². The lowest BCUT2D eigenvalue weighted by atomic mass is 9.85. The van der Waals surface area contributed by atoms with Crippen LogP contribution in [0.15, 0.2) is 18.2 Å². The predicted octanol–water partition coefficient (Wildman–Crippen LogP) is 4.10. The number of hydrogen-bond donors (Lipinski definition) is 1. The molecule has 1 aliphatic heterocycles. The Hall–Kier alpha value is -1.30. The maximum atomic E-state index is 13.2. The van der Waals surface area contributed by atoms with Crippen LogP contribution in [0, 0.1) is 5.82 Å². The number of hydrogen-bond acceptors (Lipinski definition) is 2. The molecule has 2 rings (SSSR count). The molecule has 6 heteroatoms. The standard InChI is InChI=1S/C14H17F4NO/c1-13(5-2-6-14(16,17)18)8-11(19)10-7-9(15)3-4-12(10)20-13/h3-4,7,11H,2,5-6,8,19H2,1H3/t11-,13?/m0/s1. The van der Waals surface area contributed by atoms with Crippen LogP contribution in [0.4, 0.5) is 17.6 Å². The first kappa shape index (κ1) is 15.1. The Morgan fingerprint density at radius 2 is 2.10 bits per heavy atom. The molecule has 0 aromatic heterocycles. The van der Waals surface area contributed by atoms with Gasteiger partial charge in [-0.05, 0) is 38.0 Å². The molecule has 0 fully saturated rings. The Kier molecular flexibility index (Phi) is 3.95. The summed E-state index contributed by atoms with van der Waals surface area (Å²) in [6.45, 7) is 1.75. The van der Waals surface area contributed by atoms with Gasteiger partial charge in [-0.2, -0.15) is 13.2 Å². The molecule has 2 N–H and O–H groups in total. The zero-order valence-corrected chi connectivity index (χ0v) is 11.1. The van der Waals surface area contributed by atoms with Gasteiger partial charge in [0, 0.05) is 24.4 Å². The topological polar surface area (TPSA) is 35.2 Å². The van der Waals surface area contributed by atoms with Crippen LogP contribution in [0.3, 0.4) is 0 Å². The van der Waals surface area contributed by atoms with Crippen molar-refractivity contribution >= 4 is 0 Å². The van der Waals surface area contributed by atoms with Crippen LogP contribution < -0.4 is 10.5 Å². The van der Waals surface area contributed by atoms with Gasteiger partial charge in [-0.15, -0.1) is 0 Å². The number of rotatable bonds is 3. The number of nitrogens with two attached hydrogens (primary N) is 1. The summed E-state index contributed by atoms with van der Waals surface area (Å²) in [6, 6.07) is 3.62. The van der Waals surface area contributed by atoms with E-state index in [2.05, 4.69) is 0 Å². The normalized spacial score (nSPS) is 26.0. The molecule has 0 bridgehead atoms. The molecule has 0 spiro atoms. The van der Waals surface area contributed by atoms with Crippen molar-refractivity contribution in [3.8, 4) is 5.75 Å². The second kappa shape index (κ2) is 5.24. The van der Waals surface area contributed by atoms with Gasteiger partial charge in [0.2, 0.25) is 0 Å². The van der Waals surface area contributed by atoms with E-state index < -0.39 is 30.1 Å². The van der Waals surface area contributed by atoms with E-state index in [1.807, 2.05) is 0 Å². The lowest BCUT2D eigenvalue weighted by Gasteiger charge is -2.39. The number of ether oxygens (including phenoxy) is 1. The van der Waals surface area contributed by atoms with Crippen LogP contribution in [-0.4, -0.2) is 11.8 Å². The van der Waals surface area contributed by atoms with E-state index in [0.717, 1.165) is 0 Å². The van der Waals surface area contributed by atoms with Crippen molar-refractivity contribution < 1.29 is 22.3 Å². The minimum absolute atomic E-state index is 0.0107. The second-order valence-corrected chi connectivity index (χ2v) is 5.51. The molecule has 1 aliphatic rings. The fraction of sp³-hybridized carbons (Fsp3) is 0.571. The highest BCUT2D eigenvalue weighted by molar-refractivity contribution is 5.39. The molecule has 0 saturated heterocycles. The first-order valence-corrected chi connectivity index (χ1v) is 6.49. The van der Waals surface area contributed by atoms with Crippen LogP contribution in [-0.2, 0) is 0 Å². The minimum Gasteiger partial charge on any atom is -0.487 e. The van der Waals surface area contributed by atoms with E-state index in [1.165, 1.54) is 18.2 Å². The fourth-order valence-electron chi connectivity index (χ4n) is 2.60. The van der Waals surface area contributed by atoms with Crippen molar-refractivity contribution in [1.29, 1.82) is 0 Å². The van der Waals surface area contributed by atoms with Crippen molar-refractivity contribution in [3.63, 3.8) is 0 Å². The predicted molar refractivity (Wildman–Crippen MR) is 66.9 cm³/mol. The van der Waals surface area contributed by atoms with Gasteiger partial charge in [-0.3, -0.25) is 0 Å². The Morgan fingerprint density at radius 1 is 1.40 bits per heavy atom. The van der Waals surface area contributed by atoms with E-state index in [4.69, 9.17) is 10.5 Å². The summed E-state index contributed by atoms with van der Waals surface area (Å²) < 4.78 is 55.5. The van der Waals surface area contributed by atoms with Crippen LogP contribution in [0.5, 0.6) is 5.75 Å². The summed E-state index contributed by atoms with van der Waals surface area (Å²) in [4.78, 5) is 0. The number of halogens is 4. The van der Waals surface area contributed by atoms with Gasteiger partial charge in [-0.1, -0.05) is 0 Å². The van der Waals surface area contributed by atoms with E-state index >= 15 is 0 Å². The lowest BCUT2D eigenvalue weighted by molar-refractivity contribution is -0.137. The fourth-order valence-corrected chi connectivity index (χ4v) is 2.60. The second-order valence-electron chi connectivity index (χ2n) is 5.51. The highest BCUT2D eigenvalue weighted by Crippen LogP contribution is 2.41. The number of benzene rings is 1. The molecule has 112 valence electrons. The summed E-state index contributed by atoms with van der Waals surface area (Å²) in [6.07, 6.45) is -4.37. The van der Waals surface area contributed by atoms with E-state index in [9.17, 15) is 17.6 Å². The molecule has 1 heterocycles. The van der Waals surface area contributed by atoms with Crippen molar-refractivity contribution in [2.24, 2.45) is 5.73 Å². The quantitative estimate of drug-likeness (QED) is 0.851. The highest BCUT2D eigenvalue weighted by atomic mass is 19.4. The molecule has 20 heavy (non-hydrogen) atoms. The molecule has 1 aromatic rings. The largest absolute Gasteiger partial charge is 0.487 e. The molecule has 0 saturated carbocycles. The lowest BCUT2D eigenvalue weighted by Crippen LogP contribution is -2.40. The molecule has 1 aromatic carbocycles. The molecule has 1 unspecified atom stereocenters. The smallest absolute Gasteiger partial charge is 0.389 e. The van der Waals surface area contributed by atoms with Crippen LogP contribution in [0.25, 0.3) is 0 Å². The maximum Gasteiger partial charge on any atom is 0.389 e. The van der Waals surface area contributed by atoms with Gasteiger partial charge in [0.1, 0.15) is 17.2 Å². The summed E-state index contributed by atoms with van der Waals surface area (Å²) >= 11 is 0. The first-order valence-electron chi connectivity index (χ1n) is 6.49. The summed E-state index contributed by atoms with van der Waals surface area (Å²) in [5.74, 6) is 0.0585. The van der Waals surface area contributed by atoms with E-state index in [-0.39, 0.29) is 12.8 Å². The summed E-state index contributed by atoms with van der Waals surface area (Å²) in [7, 11) is 0. The minimum atomic E-state index is -4.16. The Bertz CT molecular complexity index is 489. The Labute approximate surface area is 114 Å². The third-order valence-electron chi connectivity index (χ3n) is 3.55. The number of alkyl halides is 3. The van der Waals surface area contributed by atoms with Crippen LogP contribution in [0.2, 0.25) is 0 Å². The molecule has 0 aliphatic carbocycles. The van der Waals surface area contributed by atoms with Crippen molar-refractivity contribution in [2.45, 2.75) is 50.4 Å². The summed E-state index contributed by atoms with van der Waals surface area (Å²) in [5, 5.41) is 0. The number of fused-ring (bicyclic) bond motifs is 1. The van der Waals surface area contributed by atoms with E-state index in [1.54, 1.807) is 6.92 Å². The molecular weight excluding hydrogens is 274 g/mol. The van der Waals surface area contributed by atoms with E-state index in [0.29, 0.717) is 17.7 Å². The third kappa shape index (κ3) is 3.62. The van der Waals surface area contributed by atoms with Gasteiger partial charge in [-0.25, -0.2) is 4.39 Å².